The second kappa shape index (κ2) is 5.70. The number of nitrogens with zero attached hydrogens (tertiary/aromatic N) is 1. The van der Waals surface area contributed by atoms with Crippen LogP contribution in [0.25, 0.3) is 0 Å². The van der Waals surface area contributed by atoms with Crippen LogP contribution < -0.4 is 5.73 Å². The summed E-state index contributed by atoms with van der Waals surface area (Å²) in [5, 5.41) is 0. The van der Waals surface area contributed by atoms with E-state index >= 15 is 0 Å². The van der Waals surface area contributed by atoms with Crippen LogP contribution in [0.2, 0.25) is 0 Å². The van der Waals surface area contributed by atoms with Crippen molar-refractivity contribution in [1.82, 2.24) is 9.88 Å². The summed E-state index contributed by atoms with van der Waals surface area (Å²) >= 11 is 0. The Morgan fingerprint density at radius 3 is 2.69 bits per heavy atom. The number of nitrogens with one attached hydrogen (secondary N) is 1. The molecule has 0 fully saturated rings. The van der Waals surface area contributed by atoms with Crippen molar-refractivity contribution in [3.8, 4) is 0 Å². The standard InChI is InChI=1S/C12H21N3O/c1-9(2)11(7-13)12(16)15(3)8-10-5-4-6-14-10/h4-6,9,11,14H,7-8,13H2,1-3H3. The normalized spacial score (nSPS) is 12.8. The Morgan fingerprint density at radius 1 is 1.56 bits per heavy atom. The zero-order chi connectivity index (χ0) is 12.1. The SMILES string of the molecule is CC(C)C(CN)C(=O)N(C)Cc1ccc[nH]1. The lowest BCUT2D eigenvalue weighted by atomic mass is 9.94. The number of nitrogens with two attached hydrogens (primary N) is 1. The third-order valence-electron chi connectivity index (χ3n) is 2.82. The topological polar surface area (TPSA) is 62.1 Å². The summed E-state index contributed by atoms with van der Waals surface area (Å²) in [5.74, 6) is 0.315. The maximum absolute atomic E-state index is 12.1. The molecule has 3 N–H and O–H groups in total. The zero-order valence-electron chi connectivity index (χ0n) is 10.2. The lowest BCUT2D eigenvalue weighted by molar-refractivity contribution is -0.135. The van der Waals surface area contributed by atoms with Crippen LogP contribution in [0.4, 0.5) is 0 Å². The number of amides is 1. The molecule has 0 saturated heterocycles. The van der Waals surface area contributed by atoms with Gasteiger partial charge in [-0.3, -0.25) is 4.79 Å². The van der Waals surface area contributed by atoms with Crippen molar-refractivity contribution in [3.05, 3.63) is 24.0 Å². The van der Waals surface area contributed by atoms with Gasteiger partial charge in [-0.05, 0) is 18.1 Å². The van der Waals surface area contributed by atoms with Crippen molar-refractivity contribution in [1.29, 1.82) is 0 Å². The van der Waals surface area contributed by atoms with Gasteiger partial charge in [0.05, 0.1) is 12.5 Å². The van der Waals surface area contributed by atoms with Gasteiger partial charge in [0.2, 0.25) is 5.91 Å². The van der Waals surface area contributed by atoms with E-state index in [1.165, 1.54) is 0 Å². The predicted molar refractivity (Wildman–Crippen MR) is 64.6 cm³/mol. The quantitative estimate of drug-likeness (QED) is 0.788. The van der Waals surface area contributed by atoms with Gasteiger partial charge in [0.25, 0.3) is 0 Å². The van der Waals surface area contributed by atoms with E-state index in [1.807, 2.05) is 39.2 Å². The molecule has 0 aromatic carbocycles. The number of rotatable bonds is 5. The first-order valence-electron chi connectivity index (χ1n) is 5.63. The molecule has 4 heteroatoms. The van der Waals surface area contributed by atoms with E-state index in [4.69, 9.17) is 5.73 Å². The Labute approximate surface area is 96.8 Å². The van der Waals surface area contributed by atoms with Crippen LogP contribution in [0, 0.1) is 11.8 Å². The molecular formula is C12H21N3O. The third-order valence-corrected chi connectivity index (χ3v) is 2.82. The fraction of sp³-hybridized carbons (Fsp3) is 0.583. The largest absolute Gasteiger partial charge is 0.364 e. The van der Waals surface area contributed by atoms with E-state index in [1.54, 1.807) is 4.90 Å². The average molecular weight is 223 g/mol. The molecule has 1 heterocycles. The highest BCUT2D eigenvalue weighted by Gasteiger charge is 2.23. The summed E-state index contributed by atoms with van der Waals surface area (Å²) in [6, 6.07) is 3.90. The molecular weight excluding hydrogens is 202 g/mol. The van der Waals surface area contributed by atoms with Crippen LogP contribution >= 0.6 is 0 Å². The van der Waals surface area contributed by atoms with Crippen molar-refractivity contribution in [2.45, 2.75) is 20.4 Å². The minimum atomic E-state index is -0.0834. The molecule has 0 bridgehead atoms. The summed E-state index contributed by atoms with van der Waals surface area (Å²) in [4.78, 5) is 16.9. The van der Waals surface area contributed by atoms with E-state index in [-0.39, 0.29) is 17.7 Å². The summed E-state index contributed by atoms with van der Waals surface area (Å²) in [6.45, 7) is 5.07. The molecule has 0 radical (unpaired) electrons. The molecule has 90 valence electrons. The Balaban J connectivity index is 2.59. The van der Waals surface area contributed by atoms with E-state index in [9.17, 15) is 4.79 Å². The summed E-state index contributed by atoms with van der Waals surface area (Å²) in [5.41, 5.74) is 6.67. The first-order valence-corrected chi connectivity index (χ1v) is 5.63. The molecule has 0 aliphatic carbocycles. The number of aromatic nitrogens is 1. The van der Waals surface area contributed by atoms with Crippen LogP contribution in [0.1, 0.15) is 19.5 Å². The van der Waals surface area contributed by atoms with Crippen LogP contribution in [-0.2, 0) is 11.3 Å². The molecule has 4 nitrogen and oxygen atoms in total. The van der Waals surface area contributed by atoms with Gasteiger partial charge in [0.1, 0.15) is 0 Å². The minimum Gasteiger partial charge on any atom is -0.364 e. The van der Waals surface area contributed by atoms with Crippen molar-refractivity contribution in [3.63, 3.8) is 0 Å². The molecule has 0 spiro atoms. The Morgan fingerprint density at radius 2 is 2.25 bits per heavy atom. The summed E-state index contributed by atoms with van der Waals surface area (Å²) in [7, 11) is 1.81. The predicted octanol–water partition coefficient (Wildman–Crippen LogP) is 1.20. The molecule has 1 unspecified atom stereocenters. The fourth-order valence-electron chi connectivity index (χ4n) is 1.74. The monoisotopic (exact) mass is 223 g/mol. The molecule has 16 heavy (non-hydrogen) atoms. The van der Waals surface area contributed by atoms with Gasteiger partial charge in [0, 0.05) is 25.5 Å². The van der Waals surface area contributed by atoms with Crippen molar-refractivity contribution >= 4 is 5.91 Å². The number of hydrogen-bond acceptors (Lipinski definition) is 2. The molecule has 1 amide bonds. The van der Waals surface area contributed by atoms with Gasteiger partial charge in [-0.25, -0.2) is 0 Å². The molecule has 0 aliphatic rings. The number of aromatic amines is 1. The number of carbonyl (C=O) groups excluding carboxylic acids is 1. The van der Waals surface area contributed by atoms with E-state index in [0.717, 1.165) is 5.69 Å². The van der Waals surface area contributed by atoms with Gasteiger partial charge >= 0.3 is 0 Å². The van der Waals surface area contributed by atoms with Crippen molar-refractivity contribution < 1.29 is 4.79 Å². The second-order valence-corrected chi connectivity index (χ2v) is 4.48. The number of H-pyrrole nitrogens is 1. The van der Waals surface area contributed by atoms with Gasteiger partial charge in [-0.15, -0.1) is 0 Å². The third kappa shape index (κ3) is 3.10. The lowest BCUT2D eigenvalue weighted by Crippen LogP contribution is -2.38. The first kappa shape index (κ1) is 12.8. The Bertz CT molecular complexity index is 319. The Kier molecular flexibility index (Phi) is 4.55. The van der Waals surface area contributed by atoms with Gasteiger partial charge in [-0.1, -0.05) is 13.8 Å². The van der Waals surface area contributed by atoms with E-state index < -0.39 is 0 Å². The van der Waals surface area contributed by atoms with Crippen LogP contribution in [-0.4, -0.2) is 29.4 Å². The zero-order valence-corrected chi connectivity index (χ0v) is 10.2. The highest BCUT2D eigenvalue weighted by Crippen LogP contribution is 2.13. The Hall–Kier alpha value is -1.29. The number of carbonyl (C=O) groups is 1. The average Bonchev–Trinajstić information content (AvgIpc) is 2.70. The lowest BCUT2D eigenvalue weighted by Gasteiger charge is -2.24. The van der Waals surface area contributed by atoms with Crippen molar-refractivity contribution in [2.24, 2.45) is 17.6 Å². The molecule has 0 aliphatic heterocycles. The van der Waals surface area contributed by atoms with Crippen molar-refractivity contribution in [2.75, 3.05) is 13.6 Å². The molecule has 1 aromatic rings. The second-order valence-electron chi connectivity index (χ2n) is 4.48. The fourth-order valence-corrected chi connectivity index (χ4v) is 1.74. The van der Waals surface area contributed by atoms with Gasteiger partial charge in [0.15, 0.2) is 0 Å². The highest BCUT2D eigenvalue weighted by molar-refractivity contribution is 5.79. The molecule has 0 saturated carbocycles. The number of hydrogen-bond donors (Lipinski definition) is 2. The van der Waals surface area contributed by atoms with E-state index in [2.05, 4.69) is 4.98 Å². The van der Waals surface area contributed by atoms with Crippen LogP contribution in [0.15, 0.2) is 18.3 Å². The summed E-state index contributed by atoms with van der Waals surface area (Å²) in [6.07, 6.45) is 1.86. The van der Waals surface area contributed by atoms with Gasteiger partial charge < -0.3 is 15.6 Å². The maximum Gasteiger partial charge on any atom is 0.227 e. The first-order chi connectivity index (χ1) is 7.56. The molecule has 1 rings (SSSR count). The summed E-state index contributed by atoms with van der Waals surface area (Å²) < 4.78 is 0. The molecule has 1 atom stereocenters. The van der Waals surface area contributed by atoms with Crippen LogP contribution in [0.3, 0.4) is 0 Å². The smallest absolute Gasteiger partial charge is 0.227 e. The van der Waals surface area contributed by atoms with Gasteiger partial charge in [-0.2, -0.15) is 0 Å². The van der Waals surface area contributed by atoms with E-state index in [0.29, 0.717) is 13.1 Å². The minimum absolute atomic E-state index is 0.0834. The maximum atomic E-state index is 12.1. The highest BCUT2D eigenvalue weighted by atomic mass is 16.2. The van der Waals surface area contributed by atoms with Crippen LogP contribution in [0.5, 0.6) is 0 Å². The molecule has 1 aromatic heterocycles.